The van der Waals surface area contributed by atoms with Gasteiger partial charge in [-0.25, -0.2) is 8.42 Å². The minimum absolute atomic E-state index is 0.310. The third kappa shape index (κ3) is 6.03. The van der Waals surface area contributed by atoms with Gasteiger partial charge in [0.05, 0.1) is 18.6 Å². The molecular formula is C17H28N2O4S. The Kier molecular flexibility index (Phi) is 7.54. The Morgan fingerprint density at radius 2 is 1.79 bits per heavy atom. The fourth-order valence-corrected chi connectivity index (χ4v) is 3.47. The second-order valence-electron chi connectivity index (χ2n) is 6.14. The summed E-state index contributed by atoms with van der Waals surface area (Å²) in [5, 5.41) is 2.80. The van der Waals surface area contributed by atoms with Crippen molar-refractivity contribution in [1.29, 1.82) is 0 Å². The maximum Gasteiger partial charge on any atom is 0.243 e. The third-order valence-electron chi connectivity index (χ3n) is 3.51. The van der Waals surface area contributed by atoms with Gasteiger partial charge in [0.25, 0.3) is 0 Å². The van der Waals surface area contributed by atoms with E-state index < -0.39 is 16.1 Å². The molecule has 1 atom stereocenters. The number of carbonyl (C=O) groups is 1. The Bertz CT molecular complexity index is 626. The molecule has 1 aromatic carbocycles. The van der Waals surface area contributed by atoms with Gasteiger partial charge in [-0.15, -0.1) is 0 Å². The highest BCUT2D eigenvalue weighted by atomic mass is 32.2. The van der Waals surface area contributed by atoms with Crippen LogP contribution in [0.15, 0.2) is 24.3 Å². The van der Waals surface area contributed by atoms with Crippen molar-refractivity contribution in [2.45, 2.75) is 40.2 Å². The second-order valence-corrected chi connectivity index (χ2v) is 7.99. The summed E-state index contributed by atoms with van der Waals surface area (Å²) in [6, 6.07) is 5.85. The average Bonchev–Trinajstić information content (AvgIpc) is 2.47. The van der Waals surface area contributed by atoms with E-state index in [1.54, 1.807) is 31.2 Å². The zero-order valence-electron chi connectivity index (χ0n) is 15.1. The molecule has 0 radical (unpaired) electrons. The number of sulfonamides is 1. The van der Waals surface area contributed by atoms with Gasteiger partial charge < -0.3 is 10.1 Å². The number of carbonyl (C=O) groups excluding carboxylic acids is 1. The Hall–Kier alpha value is -1.76. The minimum Gasteiger partial charge on any atom is -0.494 e. The molecule has 24 heavy (non-hydrogen) atoms. The van der Waals surface area contributed by atoms with E-state index in [2.05, 4.69) is 19.2 Å². The molecule has 0 aromatic heterocycles. The lowest BCUT2D eigenvalue weighted by molar-refractivity contribution is -0.121. The molecule has 0 aliphatic carbocycles. The number of nitrogens with zero attached hydrogens (tertiary/aromatic N) is 1. The van der Waals surface area contributed by atoms with Gasteiger partial charge in [0.2, 0.25) is 15.9 Å². The standard InChI is InChI=1S/C17H28N2O4S/c1-6-23-16-9-7-15(8-10-16)19(24(5,21)22)14(4)17(20)18-12-11-13(2)3/h7-10,13-14H,6,11-12H2,1-5H3,(H,18,20)/t14-/m1/s1. The fraction of sp³-hybridized carbons (Fsp3) is 0.588. The van der Waals surface area contributed by atoms with Gasteiger partial charge in [-0.2, -0.15) is 0 Å². The van der Waals surface area contributed by atoms with E-state index in [1.165, 1.54) is 0 Å². The zero-order valence-corrected chi connectivity index (χ0v) is 15.9. The maximum absolute atomic E-state index is 12.3. The van der Waals surface area contributed by atoms with Gasteiger partial charge in [-0.1, -0.05) is 13.8 Å². The number of hydrogen-bond acceptors (Lipinski definition) is 4. The minimum atomic E-state index is -3.60. The number of benzene rings is 1. The monoisotopic (exact) mass is 356 g/mol. The molecule has 136 valence electrons. The Labute approximate surface area is 145 Å². The number of hydrogen-bond donors (Lipinski definition) is 1. The molecule has 6 nitrogen and oxygen atoms in total. The molecule has 0 spiro atoms. The predicted molar refractivity (Wildman–Crippen MR) is 96.9 cm³/mol. The normalized spacial score (nSPS) is 12.8. The first kappa shape index (κ1) is 20.3. The van der Waals surface area contributed by atoms with E-state index >= 15 is 0 Å². The van der Waals surface area contributed by atoms with Gasteiger partial charge >= 0.3 is 0 Å². The summed E-state index contributed by atoms with van der Waals surface area (Å²) in [6.07, 6.45) is 1.95. The SMILES string of the molecule is CCOc1ccc(N([C@H](C)C(=O)NCCC(C)C)S(C)(=O)=O)cc1. The van der Waals surface area contributed by atoms with Gasteiger partial charge in [-0.3, -0.25) is 9.10 Å². The van der Waals surface area contributed by atoms with E-state index in [0.29, 0.717) is 30.5 Å². The molecule has 1 aromatic rings. The molecule has 0 saturated heterocycles. The zero-order chi connectivity index (χ0) is 18.3. The maximum atomic E-state index is 12.3. The lowest BCUT2D eigenvalue weighted by Gasteiger charge is -2.28. The number of nitrogens with one attached hydrogen (secondary N) is 1. The van der Waals surface area contributed by atoms with Crippen molar-refractivity contribution >= 4 is 21.6 Å². The van der Waals surface area contributed by atoms with Crippen LogP contribution >= 0.6 is 0 Å². The first-order chi connectivity index (χ1) is 11.2. The van der Waals surface area contributed by atoms with Crippen molar-refractivity contribution in [3.8, 4) is 5.75 Å². The molecule has 0 heterocycles. The van der Waals surface area contributed by atoms with Gasteiger partial charge in [0, 0.05) is 6.54 Å². The molecule has 7 heteroatoms. The Morgan fingerprint density at radius 3 is 2.25 bits per heavy atom. The molecule has 0 bridgehead atoms. The van der Waals surface area contributed by atoms with Crippen molar-refractivity contribution in [3.63, 3.8) is 0 Å². The van der Waals surface area contributed by atoms with Crippen LogP contribution in [0.2, 0.25) is 0 Å². The predicted octanol–water partition coefficient (Wildman–Crippen LogP) is 2.40. The Balaban J connectivity index is 2.94. The highest BCUT2D eigenvalue weighted by Crippen LogP contribution is 2.24. The van der Waals surface area contributed by atoms with Crippen LogP contribution < -0.4 is 14.4 Å². The third-order valence-corrected chi connectivity index (χ3v) is 4.75. The highest BCUT2D eigenvalue weighted by Gasteiger charge is 2.28. The summed E-state index contributed by atoms with van der Waals surface area (Å²) in [5.41, 5.74) is 0.437. The van der Waals surface area contributed by atoms with E-state index in [-0.39, 0.29) is 5.91 Å². The Morgan fingerprint density at radius 1 is 1.21 bits per heavy atom. The van der Waals surface area contributed by atoms with Crippen LogP contribution in [0, 0.1) is 5.92 Å². The van der Waals surface area contributed by atoms with Crippen LogP contribution in [-0.2, 0) is 14.8 Å². The van der Waals surface area contributed by atoms with Crippen LogP contribution in [0.5, 0.6) is 5.75 Å². The smallest absolute Gasteiger partial charge is 0.243 e. The van der Waals surface area contributed by atoms with Crippen molar-refractivity contribution in [2.24, 2.45) is 5.92 Å². The summed E-state index contributed by atoms with van der Waals surface area (Å²) >= 11 is 0. The largest absolute Gasteiger partial charge is 0.494 e. The van der Waals surface area contributed by atoms with Crippen LogP contribution in [0.25, 0.3) is 0 Å². The van der Waals surface area contributed by atoms with Crippen molar-refractivity contribution in [2.75, 3.05) is 23.7 Å². The van der Waals surface area contributed by atoms with Crippen molar-refractivity contribution < 1.29 is 17.9 Å². The summed E-state index contributed by atoms with van der Waals surface area (Å²) in [7, 11) is -3.60. The van der Waals surface area contributed by atoms with Crippen molar-refractivity contribution in [1.82, 2.24) is 5.32 Å². The highest BCUT2D eigenvalue weighted by molar-refractivity contribution is 7.92. The summed E-state index contributed by atoms with van der Waals surface area (Å²) < 4.78 is 30.9. The molecule has 0 aliphatic rings. The van der Waals surface area contributed by atoms with Gasteiger partial charge in [0.1, 0.15) is 11.8 Å². The second kappa shape index (κ2) is 8.92. The van der Waals surface area contributed by atoms with Gasteiger partial charge in [0.15, 0.2) is 0 Å². The van der Waals surface area contributed by atoms with Crippen LogP contribution in [-0.4, -0.2) is 39.8 Å². The van der Waals surface area contributed by atoms with E-state index in [1.807, 2.05) is 6.92 Å². The first-order valence-corrected chi connectivity index (χ1v) is 10.0. The summed E-state index contributed by atoms with van der Waals surface area (Å²) in [4.78, 5) is 12.3. The quantitative estimate of drug-likeness (QED) is 0.737. The first-order valence-electron chi connectivity index (χ1n) is 8.16. The van der Waals surface area contributed by atoms with E-state index in [4.69, 9.17) is 4.74 Å². The molecular weight excluding hydrogens is 328 g/mol. The number of amides is 1. The number of ether oxygens (including phenoxy) is 1. The van der Waals surface area contributed by atoms with E-state index in [9.17, 15) is 13.2 Å². The van der Waals surface area contributed by atoms with Crippen LogP contribution in [0.4, 0.5) is 5.69 Å². The molecule has 0 fully saturated rings. The fourth-order valence-electron chi connectivity index (χ4n) is 2.30. The summed E-state index contributed by atoms with van der Waals surface area (Å²) in [5.74, 6) is 0.816. The molecule has 1 rings (SSSR count). The van der Waals surface area contributed by atoms with Crippen LogP contribution in [0.1, 0.15) is 34.1 Å². The molecule has 0 aliphatic heterocycles. The number of anilines is 1. The molecule has 0 saturated carbocycles. The molecule has 1 N–H and O–H groups in total. The van der Waals surface area contributed by atoms with E-state index in [0.717, 1.165) is 17.0 Å². The molecule has 1 amide bonds. The molecule has 0 unspecified atom stereocenters. The average molecular weight is 356 g/mol. The lowest BCUT2D eigenvalue weighted by Crippen LogP contribution is -2.48. The lowest BCUT2D eigenvalue weighted by atomic mass is 10.1. The number of rotatable bonds is 9. The van der Waals surface area contributed by atoms with Gasteiger partial charge in [-0.05, 0) is 50.5 Å². The van der Waals surface area contributed by atoms with Crippen molar-refractivity contribution in [3.05, 3.63) is 24.3 Å². The summed E-state index contributed by atoms with van der Waals surface area (Å²) in [6.45, 7) is 8.66. The topological polar surface area (TPSA) is 75.7 Å². The van der Waals surface area contributed by atoms with Crippen LogP contribution in [0.3, 0.4) is 0 Å².